The van der Waals surface area contributed by atoms with Gasteiger partial charge in [-0.15, -0.1) is 16.4 Å². The highest BCUT2D eigenvalue weighted by Crippen LogP contribution is 2.32. The highest BCUT2D eigenvalue weighted by atomic mass is 32.1. The lowest BCUT2D eigenvalue weighted by molar-refractivity contribution is 0.660. The summed E-state index contributed by atoms with van der Waals surface area (Å²) in [5, 5.41) is 9.99. The van der Waals surface area contributed by atoms with Crippen LogP contribution >= 0.6 is 11.3 Å². The van der Waals surface area contributed by atoms with Crippen molar-refractivity contribution < 1.29 is 0 Å². The minimum atomic E-state index is 0.694. The summed E-state index contributed by atoms with van der Waals surface area (Å²) in [4.78, 5) is 11.6. The molecular weight excluding hydrogens is 296 g/mol. The second kappa shape index (κ2) is 4.88. The molecule has 0 fully saturated rings. The predicted molar refractivity (Wildman–Crippen MR) is 87.2 cm³/mol. The predicted octanol–water partition coefficient (Wildman–Crippen LogP) is 3.09. The maximum absolute atomic E-state index is 4.75. The van der Waals surface area contributed by atoms with Gasteiger partial charge in [0, 0.05) is 17.6 Å². The van der Waals surface area contributed by atoms with E-state index in [9.17, 15) is 0 Å². The van der Waals surface area contributed by atoms with Crippen LogP contribution in [0, 0.1) is 6.92 Å². The Kier molecular flexibility index (Phi) is 2.97. The Labute approximate surface area is 131 Å². The van der Waals surface area contributed by atoms with Gasteiger partial charge in [-0.25, -0.2) is 14.5 Å². The fraction of sp³-hybridized carbons (Fsp3) is 0.333. The number of nitrogens with zero attached hydrogens (tertiary/aromatic N) is 6. The van der Waals surface area contributed by atoms with Crippen molar-refractivity contribution in [2.75, 3.05) is 0 Å². The Morgan fingerprint density at radius 3 is 2.86 bits per heavy atom. The first-order valence-corrected chi connectivity index (χ1v) is 8.19. The Morgan fingerprint density at radius 2 is 2.14 bits per heavy atom. The standard InChI is InChI=1S/C15H16N6S/c1-4-11-9(3)22-15-12(11)14-18-13(19-21(14)8-16-15)10-6-17-20(5-2)7-10/h6-8H,4-5H2,1-3H3. The molecule has 6 nitrogen and oxygen atoms in total. The van der Waals surface area contributed by atoms with Crippen molar-refractivity contribution in [3.8, 4) is 11.4 Å². The van der Waals surface area contributed by atoms with E-state index in [1.165, 1.54) is 10.4 Å². The number of fused-ring (bicyclic) bond motifs is 3. The molecule has 0 radical (unpaired) electrons. The van der Waals surface area contributed by atoms with E-state index in [1.807, 2.05) is 17.1 Å². The molecule has 4 rings (SSSR count). The fourth-order valence-corrected chi connectivity index (χ4v) is 3.84. The quantitative estimate of drug-likeness (QED) is 0.583. The Balaban J connectivity index is 1.98. The van der Waals surface area contributed by atoms with Crippen molar-refractivity contribution in [3.05, 3.63) is 29.2 Å². The van der Waals surface area contributed by atoms with Gasteiger partial charge in [0.1, 0.15) is 11.2 Å². The average molecular weight is 312 g/mol. The molecule has 0 aliphatic heterocycles. The lowest BCUT2D eigenvalue weighted by Gasteiger charge is -1.96. The van der Waals surface area contributed by atoms with Gasteiger partial charge in [-0.3, -0.25) is 4.68 Å². The topological polar surface area (TPSA) is 60.9 Å². The van der Waals surface area contributed by atoms with E-state index in [0.717, 1.165) is 34.4 Å². The fourth-order valence-electron chi connectivity index (χ4n) is 2.77. The first-order chi connectivity index (χ1) is 10.7. The number of hydrogen-bond donors (Lipinski definition) is 0. The molecule has 0 spiro atoms. The van der Waals surface area contributed by atoms with Gasteiger partial charge in [0.15, 0.2) is 11.5 Å². The third kappa shape index (κ3) is 1.85. The minimum Gasteiger partial charge on any atom is -0.272 e. The van der Waals surface area contributed by atoms with Gasteiger partial charge in [-0.1, -0.05) is 6.92 Å². The lowest BCUT2D eigenvalue weighted by atomic mass is 10.1. The summed E-state index contributed by atoms with van der Waals surface area (Å²) in [5.74, 6) is 0.694. The average Bonchev–Trinajstić information content (AvgIpc) is 3.21. The van der Waals surface area contributed by atoms with Crippen LogP contribution in [0.5, 0.6) is 0 Å². The molecule has 4 aromatic rings. The molecule has 7 heteroatoms. The highest BCUT2D eigenvalue weighted by molar-refractivity contribution is 7.18. The number of rotatable bonds is 3. The van der Waals surface area contributed by atoms with Crippen LogP contribution in [0.4, 0.5) is 0 Å². The second-order valence-electron chi connectivity index (χ2n) is 5.20. The first-order valence-electron chi connectivity index (χ1n) is 7.37. The Hall–Kier alpha value is -2.28. The molecule has 22 heavy (non-hydrogen) atoms. The van der Waals surface area contributed by atoms with Gasteiger partial charge in [0.2, 0.25) is 0 Å². The molecule has 0 N–H and O–H groups in total. The summed E-state index contributed by atoms with van der Waals surface area (Å²) in [7, 11) is 0. The highest BCUT2D eigenvalue weighted by Gasteiger charge is 2.16. The van der Waals surface area contributed by atoms with Crippen LogP contribution in [0.25, 0.3) is 27.3 Å². The summed E-state index contributed by atoms with van der Waals surface area (Å²) < 4.78 is 3.65. The van der Waals surface area contributed by atoms with Gasteiger partial charge >= 0.3 is 0 Å². The zero-order valence-electron chi connectivity index (χ0n) is 12.7. The van der Waals surface area contributed by atoms with Gasteiger partial charge in [0.25, 0.3) is 0 Å². The molecule has 0 saturated heterocycles. The van der Waals surface area contributed by atoms with Gasteiger partial charge in [-0.2, -0.15) is 5.10 Å². The molecule has 0 saturated carbocycles. The Bertz CT molecular complexity index is 977. The van der Waals surface area contributed by atoms with Crippen molar-refractivity contribution in [1.82, 2.24) is 29.4 Å². The molecule has 4 heterocycles. The van der Waals surface area contributed by atoms with Crippen LogP contribution in [-0.4, -0.2) is 29.4 Å². The van der Waals surface area contributed by atoms with E-state index >= 15 is 0 Å². The van der Waals surface area contributed by atoms with Crippen LogP contribution in [-0.2, 0) is 13.0 Å². The molecular formula is C15H16N6S. The van der Waals surface area contributed by atoms with Crippen LogP contribution in [0.2, 0.25) is 0 Å². The minimum absolute atomic E-state index is 0.694. The molecule has 0 unspecified atom stereocenters. The maximum atomic E-state index is 4.75. The molecule has 0 atom stereocenters. The largest absolute Gasteiger partial charge is 0.272 e. The van der Waals surface area contributed by atoms with Crippen molar-refractivity contribution >= 4 is 27.2 Å². The van der Waals surface area contributed by atoms with E-state index in [4.69, 9.17) is 4.98 Å². The monoisotopic (exact) mass is 312 g/mol. The smallest absolute Gasteiger partial charge is 0.185 e. The van der Waals surface area contributed by atoms with Crippen LogP contribution in [0.1, 0.15) is 24.3 Å². The molecule has 0 aliphatic carbocycles. The summed E-state index contributed by atoms with van der Waals surface area (Å²) in [6.45, 7) is 7.21. The molecule has 112 valence electrons. The summed E-state index contributed by atoms with van der Waals surface area (Å²) in [5.41, 5.74) is 3.13. The number of aromatic nitrogens is 6. The molecule has 0 aromatic carbocycles. The van der Waals surface area contributed by atoms with Crippen LogP contribution < -0.4 is 0 Å². The Morgan fingerprint density at radius 1 is 1.27 bits per heavy atom. The zero-order valence-corrected chi connectivity index (χ0v) is 13.6. The third-order valence-corrected chi connectivity index (χ3v) is 4.95. The van der Waals surface area contributed by atoms with Gasteiger partial charge in [0.05, 0.1) is 17.1 Å². The van der Waals surface area contributed by atoms with Crippen LogP contribution in [0.3, 0.4) is 0 Å². The second-order valence-corrected chi connectivity index (χ2v) is 6.41. The normalized spacial score (nSPS) is 11.8. The van der Waals surface area contributed by atoms with E-state index in [-0.39, 0.29) is 0 Å². The lowest BCUT2D eigenvalue weighted by Crippen LogP contribution is -1.92. The molecule has 0 aliphatic rings. The van der Waals surface area contributed by atoms with E-state index in [1.54, 1.807) is 22.2 Å². The van der Waals surface area contributed by atoms with Gasteiger partial charge < -0.3 is 0 Å². The summed E-state index contributed by atoms with van der Waals surface area (Å²) in [6.07, 6.45) is 6.50. The van der Waals surface area contributed by atoms with Gasteiger partial charge in [-0.05, 0) is 25.8 Å². The third-order valence-electron chi connectivity index (χ3n) is 3.90. The molecule has 0 amide bonds. The number of hydrogen-bond acceptors (Lipinski definition) is 5. The van der Waals surface area contributed by atoms with Crippen molar-refractivity contribution in [3.63, 3.8) is 0 Å². The summed E-state index contributed by atoms with van der Waals surface area (Å²) in [6, 6.07) is 0. The summed E-state index contributed by atoms with van der Waals surface area (Å²) >= 11 is 1.72. The van der Waals surface area contributed by atoms with Crippen molar-refractivity contribution in [2.24, 2.45) is 0 Å². The molecule has 4 aromatic heterocycles. The number of aryl methyl sites for hydroxylation is 3. The van der Waals surface area contributed by atoms with Crippen molar-refractivity contribution in [1.29, 1.82) is 0 Å². The van der Waals surface area contributed by atoms with E-state index in [0.29, 0.717) is 5.82 Å². The SMILES string of the molecule is CCc1c(C)sc2ncn3nc(-c4cnn(CC)c4)nc3c12. The zero-order chi connectivity index (χ0) is 15.3. The molecule has 0 bridgehead atoms. The van der Waals surface area contributed by atoms with Crippen molar-refractivity contribution in [2.45, 2.75) is 33.7 Å². The number of thiophene rings is 1. The van der Waals surface area contributed by atoms with E-state index in [2.05, 4.69) is 36.0 Å². The van der Waals surface area contributed by atoms with Crippen LogP contribution in [0.15, 0.2) is 18.7 Å². The maximum Gasteiger partial charge on any atom is 0.185 e. The van der Waals surface area contributed by atoms with E-state index < -0.39 is 0 Å². The first kappa shape index (κ1) is 13.4.